The van der Waals surface area contributed by atoms with Gasteiger partial charge in [0.25, 0.3) is 0 Å². The van der Waals surface area contributed by atoms with Crippen LogP contribution in [0.15, 0.2) is 24.3 Å². The standard InChI is InChI=1S/C16H23NO2/c1-12-6-7-15(13(2)11-12)8-9-16(19)17-10-4-5-14(3)18/h6-9,11,14,18H,4-5,10H2,1-3H3,(H,17,19)/b9-8+. The van der Waals surface area contributed by atoms with E-state index in [0.29, 0.717) is 13.0 Å². The summed E-state index contributed by atoms with van der Waals surface area (Å²) < 4.78 is 0. The Balaban J connectivity index is 2.41. The second-order valence-electron chi connectivity index (χ2n) is 4.98. The van der Waals surface area contributed by atoms with Crippen LogP contribution in [0.2, 0.25) is 0 Å². The van der Waals surface area contributed by atoms with Crippen molar-refractivity contribution in [2.24, 2.45) is 0 Å². The largest absolute Gasteiger partial charge is 0.393 e. The molecule has 2 N–H and O–H groups in total. The first-order chi connectivity index (χ1) is 8.99. The van der Waals surface area contributed by atoms with E-state index in [1.54, 1.807) is 13.0 Å². The number of carbonyl (C=O) groups excluding carboxylic acids is 1. The van der Waals surface area contributed by atoms with Gasteiger partial charge in [-0.25, -0.2) is 0 Å². The molecule has 0 heterocycles. The fraction of sp³-hybridized carbons (Fsp3) is 0.438. The lowest BCUT2D eigenvalue weighted by Crippen LogP contribution is -2.22. The predicted octanol–water partition coefficient (Wildman–Crippen LogP) is 2.59. The average molecular weight is 261 g/mol. The molecule has 1 rings (SSSR count). The SMILES string of the molecule is Cc1ccc(/C=C/C(=O)NCCCC(C)O)c(C)c1. The highest BCUT2D eigenvalue weighted by atomic mass is 16.3. The van der Waals surface area contributed by atoms with Gasteiger partial charge in [0.15, 0.2) is 0 Å². The third-order valence-electron chi connectivity index (χ3n) is 2.94. The quantitative estimate of drug-likeness (QED) is 0.611. The number of aliphatic hydroxyl groups is 1. The van der Waals surface area contributed by atoms with Crippen LogP contribution in [0.25, 0.3) is 6.08 Å². The van der Waals surface area contributed by atoms with E-state index >= 15 is 0 Å². The minimum Gasteiger partial charge on any atom is -0.393 e. The summed E-state index contributed by atoms with van der Waals surface area (Å²) in [5, 5.41) is 11.9. The molecule has 0 saturated heterocycles. The number of hydrogen-bond donors (Lipinski definition) is 2. The Kier molecular flexibility index (Phi) is 6.30. The third kappa shape index (κ3) is 6.20. The molecule has 1 aromatic carbocycles. The smallest absolute Gasteiger partial charge is 0.243 e. The van der Waals surface area contributed by atoms with E-state index in [1.165, 1.54) is 5.56 Å². The zero-order valence-electron chi connectivity index (χ0n) is 11.9. The highest BCUT2D eigenvalue weighted by Gasteiger charge is 1.99. The topological polar surface area (TPSA) is 49.3 Å². The van der Waals surface area contributed by atoms with Crippen LogP contribution in [0.3, 0.4) is 0 Å². The molecule has 0 saturated carbocycles. The van der Waals surface area contributed by atoms with Crippen LogP contribution in [0.1, 0.15) is 36.5 Å². The first-order valence-corrected chi connectivity index (χ1v) is 6.70. The predicted molar refractivity (Wildman–Crippen MR) is 78.9 cm³/mol. The molecule has 19 heavy (non-hydrogen) atoms. The third-order valence-corrected chi connectivity index (χ3v) is 2.94. The Morgan fingerprint density at radius 1 is 1.42 bits per heavy atom. The van der Waals surface area contributed by atoms with E-state index < -0.39 is 0 Å². The van der Waals surface area contributed by atoms with Gasteiger partial charge in [-0.3, -0.25) is 4.79 Å². The lowest BCUT2D eigenvalue weighted by molar-refractivity contribution is -0.116. The summed E-state index contributed by atoms with van der Waals surface area (Å²) in [6, 6.07) is 6.15. The molecule has 3 heteroatoms. The molecule has 0 bridgehead atoms. The van der Waals surface area contributed by atoms with Crippen molar-refractivity contribution >= 4 is 12.0 Å². The van der Waals surface area contributed by atoms with Gasteiger partial charge in [0.05, 0.1) is 6.10 Å². The van der Waals surface area contributed by atoms with E-state index in [4.69, 9.17) is 5.11 Å². The maximum absolute atomic E-state index is 11.6. The molecule has 0 aliphatic rings. The van der Waals surface area contributed by atoms with Crippen LogP contribution >= 0.6 is 0 Å². The lowest BCUT2D eigenvalue weighted by atomic mass is 10.1. The number of rotatable bonds is 6. The summed E-state index contributed by atoms with van der Waals surface area (Å²) >= 11 is 0. The first kappa shape index (κ1) is 15.4. The maximum Gasteiger partial charge on any atom is 0.243 e. The second kappa shape index (κ2) is 7.74. The lowest BCUT2D eigenvalue weighted by Gasteiger charge is -2.04. The van der Waals surface area contributed by atoms with Crippen molar-refractivity contribution in [2.45, 2.75) is 39.7 Å². The van der Waals surface area contributed by atoms with Crippen molar-refractivity contribution in [1.82, 2.24) is 5.32 Å². The molecule has 0 aromatic heterocycles. The molecule has 1 unspecified atom stereocenters. The highest BCUT2D eigenvalue weighted by Crippen LogP contribution is 2.11. The van der Waals surface area contributed by atoms with Gasteiger partial charge in [-0.15, -0.1) is 0 Å². The summed E-state index contributed by atoms with van der Waals surface area (Å²) in [6.45, 7) is 6.44. The summed E-state index contributed by atoms with van der Waals surface area (Å²) in [6.07, 6.45) is 4.59. The molecular weight excluding hydrogens is 238 g/mol. The number of hydrogen-bond acceptors (Lipinski definition) is 2. The van der Waals surface area contributed by atoms with Crippen LogP contribution in [0.4, 0.5) is 0 Å². The Hall–Kier alpha value is -1.61. The van der Waals surface area contributed by atoms with Gasteiger partial charge in [0, 0.05) is 12.6 Å². The van der Waals surface area contributed by atoms with Crippen LogP contribution in [-0.2, 0) is 4.79 Å². The normalized spacial score (nSPS) is 12.6. The number of benzene rings is 1. The van der Waals surface area contributed by atoms with E-state index in [1.807, 2.05) is 25.1 Å². The number of carbonyl (C=O) groups is 1. The minimum absolute atomic E-state index is 0.0921. The molecular formula is C16H23NO2. The molecule has 0 spiro atoms. The zero-order chi connectivity index (χ0) is 14.3. The van der Waals surface area contributed by atoms with Crippen LogP contribution in [-0.4, -0.2) is 23.7 Å². The summed E-state index contributed by atoms with van der Waals surface area (Å²) in [7, 11) is 0. The monoisotopic (exact) mass is 261 g/mol. The van der Waals surface area contributed by atoms with Gasteiger partial charge in [-0.2, -0.15) is 0 Å². The van der Waals surface area contributed by atoms with Gasteiger partial charge >= 0.3 is 0 Å². The number of aryl methyl sites for hydroxylation is 2. The van der Waals surface area contributed by atoms with Gasteiger partial charge in [-0.05, 0) is 50.8 Å². The van der Waals surface area contributed by atoms with Crippen LogP contribution in [0.5, 0.6) is 0 Å². The molecule has 1 amide bonds. The molecule has 1 aromatic rings. The zero-order valence-corrected chi connectivity index (χ0v) is 11.9. The molecule has 3 nitrogen and oxygen atoms in total. The van der Waals surface area contributed by atoms with E-state index in [9.17, 15) is 4.79 Å². The Labute approximate surface area is 115 Å². The van der Waals surface area contributed by atoms with Crippen LogP contribution in [0, 0.1) is 13.8 Å². The molecule has 1 atom stereocenters. The van der Waals surface area contributed by atoms with Crippen molar-refractivity contribution in [3.05, 3.63) is 41.0 Å². The van der Waals surface area contributed by atoms with E-state index in [2.05, 4.69) is 18.3 Å². The van der Waals surface area contributed by atoms with Gasteiger partial charge in [-0.1, -0.05) is 23.8 Å². The summed E-state index contributed by atoms with van der Waals surface area (Å²) in [5.74, 6) is -0.0921. The van der Waals surface area contributed by atoms with E-state index in [-0.39, 0.29) is 12.0 Å². The van der Waals surface area contributed by atoms with Crippen molar-refractivity contribution in [2.75, 3.05) is 6.54 Å². The first-order valence-electron chi connectivity index (χ1n) is 6.70. The average Bonchev–Trinajstić information content (AvgIpc) is 2.33. The van der Waals surface area contributed by atoms with Crippen LogP contribution < -0.4 is 5.32 Å². The number of amides is 1. The molecule has 0 aliphatic carbocycles. The minimum atomic E-state index is -0.303. The summed E-state index contributed by atoms with van der Waals surface area (Å²) in [5.41, 5.74) is 3.44. The molecule has 0 fully saturated rings. The number of aliphatic hydroxyl groups excluding tert-OH is 1. The van der Waals surface area contributed by atoms with Gasteiger partial charge < -0.3 is 10.4 Å². The van der Waals surface area contributed by atoms with Crippen molar-refractivity contribution < 1.29 is 9.90 Å². The Morgan fingerprint density at radius 3 is 2.79 bits per heavy atom. The van der Waals surface area contributed by atoms with Crippen molar-refractivity contribution in [3.63, 3.8) is 0 Å². The summed E-state index contributed by atoms with van der Waals surface area (Å²) in [4.78, 5) is 11.6. The Bertz CT molecular complexity index is 450. The maximum atomic E-state index is 11.6. The van der Waals surface area contributed by atoms with Gasteiger partial charge in [0.1, 0.15) is 0 Å². The highest BCUT2D eigenvalue weighted by molar-refractivity contribution is 5.91. The molecule has 104 valence electrons. The number of nitrogens with one attached hydrogen (secondary N) is 1. The fourth-order valence-electron chi connectivity index (χ4n) is 1.85. The van der Waals surface area contributed by atoms with E-state index in [0.717, 1.165) is 17.5 Å². The Morgan fingerprint density at radius 2 is 2.16 bits per heavy atom. The van der Waals surface area contributed by atoms with Gasteiger partial charge in [0.2, 0.25) is 5.91 Å². The second-order valence-corrected chi connectivity index (χ2v) is 4.98. The van der Waals surface area contributed by atoms with Crippen molar-refractivity contribution in [1.29, 1.82) is 0 Å². The molecule has 0 aliphatic heterocycles. The van der Waals surface area contributed by atoms with Crippen molar-refractivity contribution in [3.8, 4) is 0 Å². The fourth-order valence-corrected chi connectivity index (χ4v) is 1.85. The molecule has 0 radical (unpaired) electrons.